The molecule has 0 fully saturated rings. The first-order valence-corrected chi connectivity index (χ1v) is 6.86. The lowest BCUT2D eigenvalue weighted by molar-refractivity contribution is 0.0602. The summed E-state index contributed by atoms with van der Waals surface area (Å²) in [7, 11) is 1.26. The molecule has 2 aromatic carbocycles. The van der Waals surface area contributed by atoms with E-state index >= 15 is 0 Å². The lowest BCUT2D eigenvalue weighted by atomic mass is 10.0. The van der Waals surface area contributed by atoms with E-state index in [1.165, 1.54) is 37.4 Å². The van der Waals surface area contributed by atoms with E-state index in [1.54, 1.807) is 6.07 Å². The van der Waals surface area contributed by atoms with Gasteiger partial charge in [0.1, 0.15) is 11.6 Å². The Kier molecular flexibility index (Phi) is 4.75. The molecule has 0 saturated carbocycles. The Morgan fingerprint density at radius 3 is 2.32 bits per heavy atom. The van der Waals surface area contributed by atoms with Crippen molar-refractivity contribution in [1.29, 1.82) is 0 Å². The summed E-state index contributed by atoms with van der Waals surface area (Å²) in [4.78, 5) is 11.8. The van der Waals surface area contributed by atoms with Gasteiger partial charge in [-0.05, 0) is 47.9 Å². The molecule has 0 atom stereocenters. The third kappa shape index (κ3) is 3.42. The van der Waals surface area contributed by atoms with Gasteiger partial charge in [0.25, 0.3) is 0 Å². The van der Waals surface area contributed by atoms with Crippen LogP contribution in [0.4, 0.5) is 20.2 Å². The molecule has 116 valence electrons. The molecule has 0 amide bonds. The average Bonchev–Trinajstić information content (AvgIpc) is 2.48. The predicted octanol–water partition coefficient (Wildman–Crippen LogP) is 4.62. The van der Waals surface area contributed by atoms with Crippen LogP contribution in [0.25, 0.3) is 0 Å². The van der Waals surface area contributed by atoms with Gasteiger partial charge in [-0.15, -0.1) is 0 Å². The van der Waals surface area contributed by atoms with Crippen LogP contribution in [0.5, 0.6) is 0 Å². The summed E-state index contributed by atoms with van der Waals surface area (Å²) in [6.07, 6.45) is 0. The van der Waals surface area contributed by atoms with Crippen molar-refractivity contribution in [1.82, 2.24) is 0 Å². The van der Waals surface area contributed by atoms with Gasteiger partial charge in [-0.1, -0.05) is 13.8 Å². The third-order valence-corrected chi connectivity index (χ3v) is 3.29. The van der Waals surface area contributed by atoms with Gasteiger partial charge in [0, 0.05) is 5.69 Å². The number of halogens is 2. The van der Waals surface area contributed by atoms with E-state index in [1.807, 2.05) is 13.8 Å². The Balaban J connectivity index is 2.47. The number of anilines is 2. The Hall–Kier alpha value is -2.43. The highest BCUT2D eigenvalue weighted by Crippen LogP contribution is 2.30. The highest BCUT2D eigenvalue weighted by atomic mass is 19.1. The first-order valence-electron chi connectivity index (χ1n) is 6.86. The molecule has 0 radical (unpaired) electrons. The lowest BCUT2D eigenvalue weighted by Crippen LogP contribution is -2.07. The number of hydrogen-bond donors (Lipinski definition) is 1. The molecular formula is C17H17F2NO2. The van der Waals surface area contributed by atoms with Gasteiger partial charge in [0.15, 0.2) is 0 Å². The van der Waals surface area contributed by atoms with E-state index in [0.717, 1.165) is 5.56 Å². The summed E-state index contributed by atoms with van der Waals surface area (Å²) in [6.45, 7) is 3.85. The van der Waals surface area contributed by atoms with E-state index in [2.05, 4.69) is 10.1 Å². The molecule has 1 N–H and O–H groups in total. The first kappa shape index (κ1) is 15.9. The maximum Gasteiger partial charge on any atom is 0.339 e. The number of methoxy groups -OCH3 is 1. The number of nitrogens with one attached hydrogen (secondary N) is 1. The number of carbonyl (C=O) groups is 1. The zero-order valence-corrected chi connectivity index (χ0v) is 12.6. The summed E-state index contributed by atoms with van der Waals surface area (Å²) in [6, 6.07) is 8.04. The van der Waals surface area contributed by atoms with E-state index < -0.39 is 11.8 Å². The molecule has 3 nitrogen and oxygen atoms in total. The van der Waals surface area contributed by atoms with Gasteiger partial charge < -0.3 is 10.1 Å². The molecular weight excluding hydrogens is 288 g/mol. The molecule has 0 aromatic heterocycles. The van der Waals surface area contributed by atoms with Gasteiger partial charge in [0.2, 0.25) is 0 Å². The molecule has 0 saturated heterocycles. The number of benzene rings is 2. The van der Waals surface area contributed by atoms with Gasteiger partial charge in [0.05, 0.1) is 18.4 Å². The minimum absolute atomic E-state index is 0.0633. The smallest absolute Gasteiger partial charge is 0.339 e. The summed E-state index contributed by atoms with van der Waals surface area (Å²) in [5.74, 6) is -1.34. The second-order valence-corrected chi connectivity index (χ2v) is 5.19. The topological polar surface area (TPSA) is 38.3 Å². The summed E-state index contributed by atoms with van der Waals surface area (Å²) < 4.78 is 31.6. The fraction of sp³-hybridized carbons (Fsp3) is 0.235. The number of ether oxygens (including phenoxy) is 1. The van der Waals surface area contributed by atoms with Crippen molar-refractivity contribution in [3.8, 4) is 0 Å². The maximum atomic E-state index is 13.5. The molecule has 0 bridgehead atoms. The molecule has 0 aliphatic rings. The third-order valence-electron chi connectivity index (χ3n) is 3.29. The van der Waals surface area contributed by atoms with Gasteiger partial charge >= 0.3 is 5.97 Å². The Labute approximate surface area is 127 Å². The Bertz CT molecular complexity index is 699. The minimum atomic E-state index is -0.573. The number of carbonyl (C=O) groups excluding carboxylic acids is 1. The van der Waals surface area contributed by atoms with Crippen LogP contribution in [0, 0.1) is 11.6 Å². The summed E-state index contributed by atoms with van der Waals surface area (Å²) in [5.41, 5.74) is 1.84. The van der Waals surface area contributed by atoms with Gasteiger partial charge in [-0.25, -0.2) is 13.6 Å². The van der Waals surface area contributed by atoms with E-state index in [4.69, 9.17) is 0 Å². The standard InChI is InChI=1S/C17H17F2NO2/c1-10(2)14-8-11(18)5-7-15(14)20-16-9-12(19)4-6-13(16)17(21)22-3/h4-10,20H,1-3H3. The predicted molar refractivity (Wildman–Crippen MR) is 81.5 cm³/mol. The van der Waals surface area contributed by atoms with Crippen molar-refractivity contribution >= 4 is 17.3 Å². The van der Waals surface area contributed by atoms with Crippen LogP contribution in [0.3, 0.4) is 0 Å². The molecule has 2 rings (SSSR count). The number of hydrogen-bond acceptors (Lipinski definition) is 3. The van der Waals surface area contributed by atoms with E-state index in [9.17, 15) is 13.6 Å². The second-order valence-electron chi connectivity index (χ2n) is 5.19. The fourth-order valence-corrected chi connectivity index (χ4v) is 2.18. The molecule has 22 heavy (non-hydrogen) atoms. The summed E-state index contributed by atoms with van der Waals surface area (Å²) >= 11 is 0. The van der Waals surface area contributed by atoms with Crippen LogP contribution in [0.15, 0.2) is 36.4 Å². The maximum absolute atomic E-state index is 13.5. The van der Waals surface area contributed by atoms with E-state index in [-0.39, 0.29) is 23.0 Å². The lowest BCUT2D eigenvalue weighted by Gasteiger charge is -2.16. The molecule has 5 heteroatoms. The van der Waals surface area contributed by atoms with E-state index in [0.29, 0.717) is 5.69 Å². The largest absolute Gasteiger partial charge is 0.465 e. The van der Waals surface area contributed by atoms with Crippen LogP contribution >= 0.6 is 0 Å². The van der Waals surface area contributed by atoms with Gasteiger partial charge in [-0.2, -0.15) is 0 Å². The molecule has 0 aliphatic heterocycles. The molecule has 0 heterocycles. The van der Waals surface area contributed by atoms with Crippen LogP contribution in [0.2, 0.25) is 0 Å². The van der Waals surface area contributed by atoms with Crippen LogP contribution in [0.1, 0.15) is 35.7 Å². The zero-order valence-electron chi connectivity index (χ0n) is 12.6. The highest BCUT2D eigenvalue weighted by molar-refractivity contribution is 5.96. The Morgan fingerprint density at radius 2 is 1.68 bits per heavy atom. The molecule has 2 aromatic rings. The number of rotatable bonds is 4. The van der Waals surface area contributed by atoms with Crippen molar-refractivity contribution in [2.75, 3.05) is 12.4 Å². The van der Waals surface area contributed by atoms with Crippen LogP contribution < -0.4 is 5.32 Å². The van der Waals surface area contributed by atoms with Gasteiger partial charge in [-0.3, -0.25) is 0 Å². The van der Waals surface area contributed by atoms with Crippen LogP contribution in [-0.2, 0) is 4.74 Å². The van der Waals surface area contributed by atoms with Crippen molar-refractivity contribution in [2.24, 2.45) is 0 Å². The summed E-state index contributed by atoms with van der Waals surface area (Å²) in [5, 5.41) is 3.00. The SMILES string of the molecule is COC(=O)c1ccc(F)cc1Nc1ccc(F)cc1C(C)C. The van der Waals surface area contributed by atoms with Crippen molar-refractivity contribution in [3.05, 3.63) is 59.2 Å². The fourth-order valence-electron chi connectivity index (χ4n) is 2.18. The molecule has 0 unspecified atom stereocenters. The zero-order chi connectivity index (χ0) is 16.3. The van der Waals surface area contributed by atoms with Crippen molar-refractivity contribution < 1.29 is 18.3 Å². The average molecular weight is 305 g/mol. The second kappa shape index (κ2) is 6.56. The first-order chi connectivity index (χ1) is 10.4. The monoisotopic (exact) mass is 305 g/mol. The number of esters is 1. The molecule has 0 aliphatic carbocycles. The highest BCUT2D eigenvalue weighted by Gasteiger charge is 2.15. The molecule has 0 spiro atoms. The van der Waals surface area contributed by atoms with Crippen LogP contribution in [-0.4, -0.2) is 13.1 Å². The normalized spacial score (nSPS) is 10.6. The minimum Gasteiger partial charge on any atom is -0.465 e. The quantitative estimate of drug-likeness (QED) is 0.838. The Morgan fingerprint density at radius 1 is 1.05 bits per heavy atom. The van der Waals surface area contributed by atoms with Crippen molar-refractivity contribution in [3.63, 3.8) is 0 Å². The van der Waals surface area contributed by atoms with Crippen molar-refractivity contribution in [2.45, 2.75) is 19.8 Å².